The van der Waals surface area contributed by atoms with E-state index in [1.807, 2.05) is 0 Å². The van der Waals surface area contributed by atoms with E-state index in [9.17, 15) is 9.59 Å². The Hall–Kier alpha value is -1.70. The number of allylic oxidation sites excluding steroid dienone is 3. The first-order valence-electron chi connectivity index (χ1n) is 28.6. The number of ether oxygens (including phenoxy) is 4. The van der Waals surface area contributed by atoms with Crippen LogP contribution in [0.15, 0.2) is 23.8 Å². The van der Waals surface area contributed by atoms with Gasteiger partial charge in [-0.2, -0.15) is 0 Å². The zero-order valence-corrected chi connectivity index (χ0v) is 44.1. The van der Waals surface area contributed by atoms with Crippen molar-refractivity contribution in [2.75, 3.05) is 39.5 Å². The van der Waals surface area contributed by atoms with Crippen molar-refractivity contribution in [3.63, 3.8) is 0 Å². The summed E-state index contributed by atoms with van der Waals surface area (Å²) in [5.41, 5.74) is 2.25. The molecule has 1 aliphatic heterocycles. The number of likely N-dealkylation sites (tertiary alicyclic amines) is 1. The summed E-state index contributed by atoms with van der Waals surface area (Å²) in [4.78, 5) is 28.3. The van der Waals surface area contributed by atoms with E-state index >= 15 is 0 Å². The predicted molar refractivity (Wildman–Crippen MR) is 273 cm³/mol. The highest BCUT2D eigenvalue weighted by Crippen LogP contribution is 2.67. The van der Waals surface area contributed by atoms with Crippen molar-refractivity contribution < 1.29 is 28.5 Å². The molecule has 380 valence electrons. The monoisotopic (exact) mass is 922 g/mol. The summed E-state index contributed by atoms with van der Waals surface area (Å²) >= 11 is 0. The molecule has 1 heterocycles. The Labute approximate surface area is 406 Å². The molecule has 0 N–H and O–H groups in total. The molecule has 0 aromatic heterocycles. The highest BCUT2D eigenvalue weighted by molar-refractivity contribution is 5.77. The lowest BCUT2D eigenvalue weighted by atomic mass is 9.47. The molecule has 0 aromatic carbocycles. The minimum absolute atomic E-state index is 0.0431. The number of unbranched alkanes of at least 4 members (excludes halogenated alkanes) is 12. The van der Waals surface area contributed by atoms with Crippen molar-refractivity contribution in [2.24, 2.45) is 46.3 Å². The second-order valence-electron chi connectivity index (χ2n) is 23.4. The number of fused-ring (bicyclic) bond motifs is 5. The van der Waals surface area contributed by atoms with Crippen molar-refractivity contribution in [1.29, 1.82) is 0 Å². The maximum atomic E-state index is 13.0. The van der Waals surface area contributed by atoms with Crippen LogP contribution in [0.1, 0.15) is 235 Å². The Morgan fingerprint density at radius 3 is 2.20 bits per heavy atom. The number of hydrogen-bond donors (Lipinski definition) is 0. The van der Waals surface area contributed by atoms with Gasteiger partial charge in [-0.15, -0.1) is 0 Å². The van der Waals surface area contributed by atoms with Gasteiger partial charge in [0.15, 0.2) is 0 Å². The molecule has 7 nitrogen and oxygen atoms in total. The molecule has 0 bridgehead atoms. The number of esters is 2. The molecule has 0 aromatic rings. The maximum absolute atomic E-state index is 13.0. The van der Waals surface area contributed by atoms with Gasteiger partial charge in [0.2, 0.25) is 0 Å². The van der Waals surface area contributed by atoms with Gasteiger partial charge in [0, 0.05) is 25.6 Å². The summed E-state index contributed by atoms with van der Waals surface area (Å²) in [5, 5.41) is 0. The summed E-state index contributed by atoms with van der Waals surface area (Å²) in [6, 6.07) is 0.557. The Kier molecular flexibility index (Phi) is 24.7. The van der Waals surface area contributed by atoms with Crippen LogP contribution in [0.25, 0.3) is 0 Å². The largest absolute Gasteiger partial charge is 0.463 e. The molecular formula is C59H103NO6. The van der Waals surface area contributed by atoms with E-state index in [1.54, 1.807) is 0 Å². The van der Waals surface area contributed by atoms with Crippen LogP contribution in [0, 0.1) is 46.3 Å². The lowest BCUT2D eigenvalue weighted by Crippen LogP contribution is -2.51. The quantitative estimate of drug-likeness (QED) is 0.0369. The van der Waals surface area contributed by atoms with Crippen LogP contribution in [0.2, 0.25) is 0 Å². The number of carbonyl (C=O) groups is 2. The average molecular weight is 922 g/mol. The number of nitrogens with zero attached hydrogens (tertiary/aromatic N) is 1. The Bertz CT molecular complexity index is 1440. The van der Waals surface area contributed by atoms with Gasteiger partial charge in [0.25, 0.3) is 0 Å². The molecule has 4 unspecified atom stereocenters. The molecule has 0 radical (unpaired) electrons. The smallest absolute Gasteiger partial charge is 0.306 e. The molecular weight excluding hydrogens is 819 g/mol. The molecule has 66 heavy (non-hydrogen) atoms. The fourth-order valence-electron chi connectivity index (χ4n) is 14.0. The molecule has 0 spiro atoms. The average Bonchev–Trinajstić information content (AvgIpc) is 3.87. The predicted octanol–water partition coefficient (Wildman–Crippen LogP) is 15.2. The molecule has 4 aliphatic carbocycles. The SMILES string of the molecule is CCCCCCCC/C=C\CCCCCCCCOC[C@@H](CN1CCC[C@H]1C)OCCOC(=O)CCC(=O)O[C@H]1CC[C@@]2(C)C(=CCC3C4CCC([C@H](C)CCCC(C)C)[C@@]4(C)CCC32)C1. The van der Waals surface area contributed by atoms with Gasteiger partial charge in [0.1, 0.15) is 12.7 Å². The highest BCUT2D eigenvalue weighted by atomic mass is 16.6. The summed E-state index contributed by atoms with van der Waals surface area (Å²) in [7, 11) is 0. The summed E-state index contributed by atoms with van der Waals surface area (Å²) in [6.45, 7) is 20.9. The van der Waals surface area contributed by atoms with E-state index in [-0.39, 0.29) is 49.0 Å². The number of rotatable bonds is 33. The third-order valence-corrected chi connectivity index (χ3v) is 18.0. The van der Waals surface area contributed by atoms with Crippen molar-refractivity contribution in [2.45, 2.75) is 253 Å². The highest BCUT2D eigenvalue weighted by Gasteiger charge is 2.59. The van der Waals surface area contributed by atoms with Crippen molar-refractivity contribution in [3.8, 4) is 0 Å². The third kappa shape index (κ3) is 17.3. The maximum Gasteiger partial charge on any atom is 0.306 e. The molecule has 5 rings (SSSR count). The van der Waals surface area contributed by atoms with Crippen molar-refractivity contribution in [3.05, 3.63) is 23.8 Å². The molecule has 1 saturated heterocycles. The Morgan fingerprint density at radius 2 is 1.48 bits per heavy atom. The van der Waals surface area contributed by atoms with E-state index in [0.29, 0.717) is 24.7 Å². The van der Waals surface area contributed by atoms with Gasteiger partial charge in [-0.25, -0.2) is 0 Å². The minimum atomic E-state index is -0.364. The van der Waals surface area contributed by atoms with E-state index in [1.165, 1.54) is 153 Å². The van der Waals surface area contributed by atoms with E-state index < -0.39 is 0 Å². The molecule has 7 heteroatoms. The van der Waals surface area contributed by atoms with Crippen LogP contribution >= 0.6 is 0 Å². The van der Waals surface area contributed by atoms with Gasteiger partial charge in [-0.3, -0.25) is 14.5 Å². The van der Waals surface area contributed by atoms with Gasteiger partial charge in [0.05, 0.1) is 32.2 Å². The first-order valence-corrected chi connectivity index (χ1v) is 28.6. The summed E-state index contributed by atoms with van der Waals surface area (Å²) in [5.74, 6) is 4.27. The molecule has 10 atom stereocenters. The van der Waals surface area contributed by atoms with E-state index in [4.69, 9.17) is 18.9 Å². The molecule has 3 saturated carbocycles. The van der Waals surface area contributed by atoms with Crippen molar-refractivity contribution >= 4 is 11.9 Å². The lowest BCUT2D eigenvalue weighted by Gasteiger charge is -2.58. The normalized spacial score (nSPS) is 29.7. The number of carbonyl (C=O) groups excluding carboxylic acids is 2. The lowest BCUT2D eigenvalue weighted by molar-refractivity contribution is -0.156. The van der Waals surface area contributed by atoms with Crippen molar-refractivity contribution in [1.82, 2.24) is 4.90 Å². The fourth-order valence-corrected chi connectivity index (χ4v) is 14.0. The van der Waals surface area contributed by atoms with E-state index in [2.05, 4.69) is 71.6 Å². The van der Waals surface area contributed by atoms with Crippen LogP contribution < -0.4 is 0 Å². The van der Waals surface area contributed by atoms with Crippen LogP contribution in [0.4, 0.5) is 0 Å². The van der Waals surface area contributed by atoms with Gasteiger partial charge >= 0.3 is 11.9 Å². The van der Waals surface area contributed by atoms with Crippen LogP contribution in [-0.2, 0) is 28.5 Å². The second kappa shape index (κ2) is 29.5. The van der Waals surface area contributed by atoms with Crippen LogP contribution in [0.3, 0.4) is 0 Å². The first kappa shape index (κ1) is 55.2. The zero-order valence-electron chi connectivity index (χ0n) is 44.1. The standard InChI is InChI=1S/C59H103NO6/c1-8-9-10-11-12-13-14-15-16-17-18-19-20-21-22-23-40-63-45-51(44-60-39-25-28-48(60)5)64-41-42-65-56(61)33-34-57(62)66-50-35-37-58(6)49(43-50)29-30-52-54-32-31-53(47(4)27-24-26-46(2)3)59(54,7)38-36-55(52)58/h15-16,29,46-48,50-55H,8-14,17-28,30-45H2,1-7H3/b16-15-/t47-,48-,50+,51-,52?,53?,54?,55?,58+,59-/m1/s1. The third-order valence-electron chi connectivity index (χ3n) is 18.0. The molecule has 4 fully saturated rings. The molecule has 5 aliphatic rings. The second-order valence-corrected chi connectivity index (χ2v) is 23.4. The van der Waals surface area contributed by atoms with Crippen LogP contribution in [0.5, 0.6) is 0 Å². The van der Waals surface area contributed by atoms with Crippen LogP contribution in [-0.4, -0.2) is 74.6 Å². The van der Waals surface area contributed by atoms with Gasteiger partial charge in [-0.05, 0) is 150 Å². The van der Waals surface area contributed by atoms with E-state index in [0.717, 1.165) is 80.9 Å². The Morgan fingerprint density at radius 1 is 0.773 bits per heavy atom. The fraction of sp³-hybridized carbons (Fsp3) is 0.898. The zero-order chi connectivity index (χ0) is 47.2. The molecule has 0 amide bonds. The Balaban J connectivity index is 0.922. The number of hydrogen-bond acceptors (Lipinski definition) is 7. The van der Waals surface area contributed by atoms with Gasteiger partial charge in [-0.1, -0.05) is 142 Å². The minimum Gasteiger partial charge on any atom is -0.463 e. The first-order chi connectivity index (χ1) is 31.9. The summed E-state index contributed by atoms with van der Waals surface area (Å²) < 4.78 is 24.0. The van der Waals surface area contributed by atoms with Gasteiger partial charge < -0.3 is 18.9 Å². The topological polar surface area (TPSA) is 74.3 Å². The summed E-state index contributed by atoms with van der Waals surface area (Å²) in [6.07, 6.45) is 41.8.